The Labute approximate surface area is 96.0 Å². The summed E-state index contributed by atoms with van der Waals surface area (Å²) in [4.78, 5) is 15.3. The molecular weight excluding hydrogens is 204 g/mol. The second-order valence-corrected chi connectivity index (χ2v) is 4.17. The maximum absolute atomic E-state index is 11.0. The van der Waals surface area contributed by atoms with Gasteiger partial charge in [-0.15, -0.1) is 0 Å². The van der Waals surface area contributed by atoms with E-state index in [0.29, 0.717) is 12.3 Å². The van der Waals surface area contributed by atoms with Crippen LogP contribution >= 0.6 is 0 Å². The van der Waals surface area contributed by atoms with E-state index in [0.717, 1.165) is 12.4 Å². The van der Waals surface area contributed by atoms with Gasteiger partial charge < -0.3 is 15.6 Å². The normalized spacial score (nSPS) is 13.0. The van der Waals surface area contributed by atoms with Crippen molar-refractivity contribution in [1.29, 1.82) is 0 Å². The highest BCUT2D eigenvalue weighted by atomic mass is 16.1. The van der Waals surface area contributed by atoms with Crippen LogP contribution in [0.5, 0.6) is 0 Å². The Morgan fingerprint density at radius 1 is 1.62 bits per heavy atom. The molecule has 5 heteroatoms. The zero-order valence-corrected chi connectivity index (χ0v) is 10.1. The third kappa shape index (κ3) is 3.06. The predicted octanol–water partition coefficient (Wildman–Crippen LogP) is 0.470. The van der Waals surface area contributed by atoms with E-state index < -0.39 is 0 Å². The summed E-state index contributed by atoms with van der Waals surface area (Å²) in [6, 6.07) is -0.276. The lowest BCUT2D eigenvalue weighted by atomic mass is 10.2. The van der Waals surface area contributed by atoms with Crippen LogP contribution in [0, 0.1) is 0 Å². The number of nitrogens with one attached hydrogen (secondary N) is 1. The fraction of sp³-hybridized carbons (Fsp3) is 0.636. The minimum absolute atomic E-state index is 0.276. The molecule has 0 saturated carbocycles. The summed E-state index contributed by atoms with van der Waals surface area (Å²) >= 11 is 0. The molecule has 3 N–H and O–H groups in total. The topological polar surface area (TPSA) is 72.9 Å². The average Bonchev–Trinajstić information content (AvgIpc) is 2.66. The van der Waals surface area contributed by atoms with Crippen LogP contribution < -0.4 is 11.1 Å². The lowest BCUT2D eigenvalue weighted by Gasteiger charge is -2.14. The summed E-state index contributed by atoms with van der Waals surface area (Å²) in [5.41, 5.74) is 5.26. The summed E-state index contributed by atoms with van der Waals surface area (Å²) in [6.45, 7) is 4.95. The lowest BCUT2D eigenvalue weighted by Crippen LogP contribution is -2.39. The number of nitrogens with two attached hydrogens (primary N) is 1. The number of imidazole rings is 1. The molecule has 1 amide bonds. The third-order valence-corrected chi connectivity index (χ3v) is 2.61. The van der Waals surface area contributed by atoms with Crippen LogP contribution in [-0.4, -0.2) is 28.5 Å². The molecule has 1 atom stereocenters. The molecule has 90 valence electrons. The number of amides is 1. The van der Waals surface area contributed by atoms with Gasteiger partial charge in [-0.05, 0) is 13.5 Å². The maximum Gasteiger partial charge on any atom is 0.234 e. The fourth-order valence-corrected chi connectivity index (χ4v) is 1.71. The fourth-order valence-electron chi connectivity index (χ4n) is 1.71. The van der Waals surface area contributed by atoms with Gasteiger partial charge in [0.05, 0.1) is 6.04 Å². The van der Waals surface area contributed by atoms with Crippen molar-refractivity contribution >= 4 is 5.91 Å². The van der Waals surface area contributed by atoms with Crippen molar-refractivity contribution in [2.75, 3.05) is 7.05 Å². The van der Waals surface area contributed by atoms with Crippen LogP contribution in [0.25, 0.3) is 0 Å². The van der Waals surface area contributed by atoms with Gasteiger partial charge >= 0.3 is 0 Å². The minimum atomic E-state index is -0.311. The Balaban J connectivity index is 2.60. The number of aryl methyl sites for hydroxylation is 1. The van der Waals surface area contributed by atoms with Crippen molar-refractivity contribution in [2.24, 2.45) is 5.73 Å². The Hall–Kier alpha value is -1.36. The van der Waals surface area contributed by atoms with Gasteiger partial charge in [-0.3, -0.25) is 4.79 Å². The molecule has 0 aliphatic heterocycles. The van der Waals surface area contributed by atoms with E-state index in [1.807, 2.05) is 6.20 Å². The molecule has 0 spiro atoms. The minimum Gasteiger partial charge on any atom is -0.368 e. The van der Waals surface area contributed by atoms with E-state index in [4.69, 9.17) is 5.73 Å². The molecule has 1 aromatic heterocycles. The Morgan fingerprint density at radius 2 is 2.31 bits per heavy atom. The standard InChI is InChI=1S/C11H20N4O/c1-8(2)11-14-5-7-15(11)6-4-9(13-3)10(12)16/h5,7-9,13H,4,6H2,1-3H3,(H2,12,16). The van der Waals surface area contributed by atoms with Gasteiger partial charge in [-0.2, -0.15) is 0 Å². The van der Waals surface area contributed by atoms with Crippen molar-refractivity contribution < 1.29 is 4.79 Å². The second-order valence-electron chi connectivity index (χ2n) is 4.17. The summed E-state index contributed by atoms with van der Waals surface area (Å²) in [5, 5.41) is 2.90. The van der Waals surface area contributed by atoms with Crippen LogP contribution in [0.4, 0.5) is 0 Å². The third-order valence-electron chi connectivity index (χ3n) is 2.61. The first kappa shape index (κ1) is 12.7. The summed E-state index contributed by atoms with van der Waals surface area (Å²) in [6.07, 6.45) is 4.40. The lowest BCUT2D eigenvalue weighted by molar-refractivity contribution is -0.120. The smallest absolute Gasteiger partial charge is 0.234 e. The van der Waals surface area contributed by atoms with Crippen molar-refractivity contribution in [1.82, 2.24) is 14.9 Å². The molecule has 1 heterocycles. The first-order chi connectivity index (χ1) is 7.56. The molecule has 0 fully saturated rings. The Kier molecular flexibility index (Phi) is 4.49. The second kappa shape index (κ2) is 5.65. The number of rotatable bonds is 6. The van der Waals surface area contributed by atoms with Crippen LogP contribution in [0.1, 0.15) is 32.0 Å². The molecule has 0 saturated heterocycles. The molecule has 0 radical (unpaired) electrons. The summed E-state index contributed by atoms with van der Waals surface area (Å²) < 4.78 is 2.07. The van der Waals surface area contributed by atoms with Gasteiger partial charge in [-0.1, -0.05) is 13.8 Å². The monoisotopic (exact) mass is 224 g/mol. The van der Waals surface area contributed by atoms with E-state index in [1.54, 1.807) is 13.2 Å². The molecule has 5 nitrogen and oxygen atoms in total. The highest BCUT2D eigenvalue weighted by Gasteiger charge is 2.14. The van der Waals surface area contributed by atoms with Gasteiger partial charge in [0, 0.05) is 24.9 Å². The number of primary amides is 1. The molecule has 0 aliphatic rings. The maximum atomic E-state index is 11.0. The number of nitrogens with zero attached hydrogens (tertiary/aromatic N) is 2. The van der Waals surface area contributed by atoms with Crippen LogP contribution in [0.15, 0.2) is 12.4 Å². The van der Waals surface area contributed by atoms with E-state index in [1.165, 1.54) is 0 Å². The Morgan fingerprint density at radius 3 is 2.81 bits per heavy atom. The number of aromatic nitrogens is 2. The largest absolute Gasteiger partial charge is 0.368 e. The average molecular weight is 224 g/mol. The zero-order chi connectivity index (χ0) is 12.1. The highest BCUT2D eigenvalue weighted by Crippen LogP contribution is 2.12. The van der Waals surface area contributed by atoms with Gasteiger partial charge in [0.25, 0.3) is 0 Å². The van der Waals surface area contributed by atoms with Gasteiger partial charge in [-0.25, -0.2) is 4.98 Å². The number of hydrogen-bond donors (Lipinski definition) is 2. The van der Waals surface area contributed by atoms with Crippen molar-refractivity contribution in [3.63, 3.8) is 0 Å². The van der Waals surface area contributed by atoms with Gasteiger partial charge in [0.1, 0.15) is 5.82 Å². The summed E-state index contributed by atoms with van der Waals surface area (Å²) in [7, 11) is 1.74. The number of carbonyl (C=O) groups excluding carboxylic acids is 1. The van der Waals surface area contributed by atoms with Gasteiger partial charge in [0.15, 0.2) is 0 Å². The predicted molar refractivity (Wildman–Crippen MR) is 63.0 cm³/mol. The first-order valence-electron chi connectivity index (χ1n) is 5.53. The van der Waals surface area contributed by atoms with E-state index in [2.05, 4.69) is 28.7 Å². The number of likely N-dealkylation sites (N-methyl/N-ethyl adjacent to an activating group) is 1. The molecule has 1 rings (SSSR count). The van der Waals surface area contributed by atoms with E-state index >= 15 is 0 Å². The zero-order valence-electron chi connectivity index (χ0n) is 10.1. The van der Waals surface area contributed by atoms with E-state index in [9.17, 15) is 4.79 Å². The van der Waals surface area contributed by atoms with Crippen molar-refractivity contribution in [3.8, 4) is 0 Å². The van der Waals surface area contributed by atoms with Crippen LogP contribution in [0.2, 0.25) is 0 Å². The molecule has 0 aliphatic carbocycles. The Bertz CT molecular complexity index is 346. The highest BCUT2D eigenvalue weighted by molar-refractivity contribution is 5.79. The molecular formula is C11H20N4O. The quantitative estimate of drug-likeness (QED) is 0.737. The summed E-state index contributed by atoms with van der Waals surface area (Å²) in [5.74, 6) is 1.12. The van der Waals surface area contributed by atoms with Crippen LogP contribution in [0.3, 0.4) is 0 Å². The molecule has 0 bridgehead atoms. The molecule has 1 aromatic rings. The van der Waals surface area contributed by atoms with Crippen molar-refractivity contribution in [2.45, 2.75) is 38.8 Å². The molecule has 0 aromatic carbocycles. The molecule has 16 heavy (non-hydrogen) atoms. The van der Waals surface area contributed by atoms with E-state index in [-0.39, 0.29) is 11.9 Å². The number of carbonyl (C=O) groups is 1. The van der Waals surface area contributed by atoms with Gasteiger partial charge in [0.2, 0.25) is 5.91 Å². The SMILES string of the molecule is CNC(CCn1ccnc1C(C)C)C(N)=O. The van der Waals surface area contributed by atoms with Crippen molar-refractivity contribution in [3.05, 3.63) is 18.2 Å². The molecule has 1 unspecified atom stereocenters. The number of hydrogen-bond acceptors (Lipinski definition) is 3. The van der Waals surface area contributed by atoms with Crippen LogP contribution in [-0.2, 0) is 11.3 Å². The first-order valence-corrected chi connectivity index (χ1v) is 5.53.